The molecule has 2 atom stereocenters. The van der Waals surface area contributed by atoms with E-state index in [1.54, 1.807) is 0 Å². The summed E-state index contributed by atoms with van der Waals surface area (Å²) in [5.74, 6) is 0. The van der Waals surface area contributed by atoms with Crippen LogP contribution in [0, 0.1) is 0 Å². The number of hydrogen-bond donors (Lipinski definition) is 0. The monoisotopic (exact) mass is 294 g/mol. The molecule has 2 unspecified atom stereocenters. The fourth-order valence-electron chi connectivity index (χ4n) is 1.79. The lowest BCUT2D eigenvalue weighted by atomic mass is 10.9. The summed E-state index contributed by atoms with van der Waals surface area (Å²) >= 11 is 0. The molecular formula is C10H30O2Si4. The fourth-order valence-corrected chi connectivity index (χ4v) is 16.1. The molecule has 16 heavy (non-hydrogen) atoms. The van der Waals surface area contributed by atoms with Gasteiger partial charge in [0.25, 0.3) is 0 Å². The second kappa shape index (κ2) is 6.65. The van der Waals surface area contributed by atoms with Gasteiger partial charge in [0.2, 0.25) is 0 Å². The predicted octanol–water partition coefficient (Wildman–Crippen LogP) is 3.40. The van der Waals surface area contributed by atoms with Gasteiger partial charge in [0.15, 0.2) is 34.7 Å². The van der Waals surface area contributed by atoms with Crippen molar-refractivity contribution < 1.29 is 8.23 Å². The summed E-state index contributed by atoms with van der Waals surface area (Å²) in [6.45, 7) is 18.4. The first-order valence-electron chi connectivity index (χ1n) is 6.35. The first kappa shape index (κ1) is 16.8. The average Bonchev–Trinajstić information content (AvgIpc) is 1.94. The van der Waals surface area contributed by atoms with E-state index in [1.807, 2.05) is 0 Å². The highest BCUT2D eigenvalue weighted by Gasteiger charge is 2.22. The van der Waals surface area contributed by atoms with Crippen molar-refractivity contribution in [3.63, 3.8) is 0 Å². The first-order chi connectivity index (χ1) is 6.99. The zero-order valence-corrected chi connectivity index (χ0v) is 16.7. The van der Waals surface area contributed by atoms with Gasteiger partial charge in [-0.15, -0.1) is 0 Å². The van der Waals surface area contributed by atoms with Crippen LogP contribution in [0.3, 0.4) is 0 Å². The Labute approximate surface area is 107 Å². The summed E-state index contributed by atoms with van der Waals surface area (Å²) < 4.78 is 12.3. The maximum absolute atomic E-state index is 6.17. The van der Waals surface area contributed by atoms with Crippen molar-refractivity contribution in [1.82, 2.24) is 0 Å². The van der Waals surface area contributed by atoms with E-state index in [2.05, 4.69) is 52.4 Å². The quantitative estimate of drug-likeness (QED) is 0.670. The first-order valence-corrected chi connectivity index (χ1v) is 18.1. The van der Waals surface area contributed by atoms with E-state index in [0.717, 1.165) is 0 Å². The van der Waals surface area contributed by atoms with Crippen molar-refractivity contribution in [3.05, 3.63) is 0 Å². The molecule has 0 aliphatic heterocycles. The summed E-state index contributed by atoms with van der Waals surface area (Å²) in [7, 11) is -4.43. The fraction of sp³-hybridized carbons (Fsp3) is 1.00. The molecule has 0 heterocycles. The van der Waals surface area contributed by atoms with Crippen LogP contribution in [0.4, 0.5) is 0 Å². The Bertz CT molecular complexity index is 176. The van der Waals surface area contributed by atoms with Crippen molar-refractivity contribution >= 4 is 34.7 Å². The highest BCUT2D eigenvalue weighted by molar-refractivity contribution is 6.78. The standard InChI is InChI=1S/C10H30O2Si4/c1-13(11-15(3,4)5)9-10-14(2)12-16(6,7)8/h13-14H,9-10H2,1-8H3. The molecule has 0 aliphatic rings. The van der Waals surface area contributed by atoms with Crippen molar-refractivity contribution in [2.45, 2.75) is 64.5 Å². The topological polar surface area (TPSA) is 18.5 Å². The van der Waals surface area contributed by atoms with E-state index in [1.165, 1.54) is 12.1 Å². The Morgan fingerprint density at radius 1 is 0.688 bits per heavy atom. The van der Waals surface area contributed by atoms with Crippen LogP contribution in [0.2, 0.25) is 64.5 Å². The maximum Gasteiger partial charge on any atom is 0.170 e. The van der Waals surface area contributed by atoms with Gasteiger partial charge in [-0.25, -0.2) is 0 Å². The maximum atomic E-state index is 6.17. The molecule has 0 fully saturated rings. The second-order valence-corrected chi connectivity index (χ2v) is 21.4. The van der Waals surface area contributed by atoms with Crippen LogP contribution >= 0.6 is 0 Å². The van der Waals surface area contributed by atoms with Crippen LogP contribution in [-0.2, 0) is 8.23 Å². The van der Waals surface area contributed by atoms with Crippen LogP contribution in [0.25, 0.3) is 0 Å². The van der Waals surface area contributed by atoms with Crippen molar-refractivity contribution in [1.29, 1.82) is 0 Å². The third kappa shape index (κ3) is 11.3. The molecule has 0 amide bonds. The molecule has 6 heteroatoms. The normalized spacial score (nSPS) is 17.2. The molecule has 0 saturated heterocycles. The van der Waals surface area contributed by atoms with Gasteiger partial charge in [0.05, 0.1) is 0 Å². The van der Waals surface area contributed by atoms with E-state index >= 15 is 0 Å². The average molecular weight is 295 g/mol. The van der Waals surface area contributed by atoms with Gasteiger partial charge in [-0.1, -0.05) is 0 Å². The highest BCUT2D eigenvalue weighted by Crippen LogP contribution is 2.14. The van der Waals surface area contributed by atoms with Crippen LogP contribution in [0.5, 0.6) is 0 Å². The molecule has 0 rings (SSSR count). The molecule has 0 aromatic carbocycles. The van der Waals surface area contributed by atoms with Gasteiger partial charge >= 0.3 is 0 Å². The van der Waals surface area contributed by atoms with Crippen LogP contribution in [-0.4, -0.2) is 34.7 Å². The van der Waals surface area contributed by atoms with Crippen LogP contribution < -0.4 is 0 Å². The van der Waals surface area contributed by atoms with Crippen molar-refractivity contribution in [3.8, 4) is 0 Å². The summed E-state index contributed by atoms with van der Waals surface area (Å²) in [4.78, 5) is 0. The largest absolute Gasteiger partial charge is 0.458 e. The van der Waals surface area contributed by atoms with E-state index in [-0.39, 0.29) is 0 Å². The minimum atomic E-state index is -1.29. The van der Waals surface area contributed by atoms with Gasteiger partial charge in [-0.2, -0.15) is 0 Å². The summed E-state index contributed by atoms with van der Waals surface area (Å²) in [5.41, 5.74) is 0. The predicted molar refractivity (Wildman–Crippen MR) is 84.5 cm³/mol. The minimum absolute atomic E-state index is 0.919. The molecule has 0 bridgehead atoms. The second-order valence-electron chi connectivity index (χ2n) is 6.66. The van der Waals surface area contributed by atoms with Crippen LogP contribution in [0.1, 0.15) is 0 Å². The Hall–Kier alpha value is 0.788. The van der Waals surface area contributed by atoms with Crippen molar-refractivity contribution in [2.24, 2.45) is 0 Å². The van der Waals surface area contributed by atoms with Gasteiger partial charge in [0.1, 0.15) is 0 Å². The zero-order chi connectivity index (χ0) is 13.0. The highest BCUT2D eigenvalue weighted by atomic mass is 28.4. The molecule has 0 radical (unpaired) electrons. The van der Waals surface area contributed by atoms with Gasteiger partial charge in [0, 0.05) is 0 Å². The third-order valence-corrected chi connectivity index (χ3v) is 13.9. The Morgan fingerprint density at radius 3 is 1.12 bits per heavy atom. The number of hydrogen-bond acceptors (Lipinski definition) is 2. The molecular weight excluding hydrogens is 264 g/mol. The molecule has 0 saturated carbocycles. The lowest BCUT2D eigenvalue weighted by Crippen LogP contribution is -2.36. The summed E-state index contributed by atoms with van der Waals surface area (Å²) in [6, 6.07) is 2.62. The SMILES string of the molecule is C[SiH](CC[SiH](C)O[Si](C)(C)C)O[Si](C)(C)C. The molecule has 98 valence electrons. The van der Waals surface area contributed by atoms with E-state index < -0.39 is 34.7 Å². The van der Waals surface area contributed by atoms with E-state index in [4.69, 9.17) is 8.23 Å². The van der Waals surface area contributed by atoms with E-state index in [9.17, 15) is 0 Å². The van der Waals surface area contributed by atoms with Crippen molar-refractivity contribution in [2.75, 3.05) is 0 Å². The Kier molecular flexibility index (Phi) is 6.98. The smallest absolute Gasteiger partial charge is 0.170 e. The molecule has 0 spiro atoms. The Balaban J connectivity index is 3.80. The number of rotatable bonds is 7. The lowest BCUT2D eigenvalue weighted by Gasteiger charge is -2.26. The molecule has 0 aliphatic carbocycles. The zero-order valence-electron chi connectivity index (χ0n) is 12.4. The minimum Gasteiger partial charge on any atom is -0.458 e. The van der Waals surface area contributed by atoms with Crippen LogP contribution in [0.15, 0.2) is 0 Å². The van der Waals surface area contributed by atoms with Gasteiger partial charge in [-0.05, 0) is 64.5 Å². The lowest BCUT2D eigenvalue weighted by molar-refractivity contribution is 0.561. The Morgan fingerprint density at radius 2 is 0.938 bits per heavy atom. The summed E-state index contributed by atoms with van der Waals surface area (Å²) in [5, 5.41) is 0. The molecule has 0 aromatic rings. The third-order valence-electron chi connectivity index (χ3n) is 2.09. The van der Waals surface area contributed by atoms with Gasteiger partial charge in [-0.3, -0.25) is 0 Å². The van der Waals surface area contributed by atoms with Gasteiger partial charge < -0.3 is 8.23 Å². The molecule has 0 N–H and O–H groups in total. The summed E-state index contributed by atoms with van der Waals surface area (Å²) in [6.07, 6.45) is 0. The molecule has 2 nitrogen and oxygen atoms in total. The molecule has 0 aromatic heterocycles. The van der Waals surface area contributed by atoms with E-state index in [0.29, 0.717) is 0 Å².